The fourth-order valence-corrected chi connectivity index (χ4v) is 4.11. The Morgan fingerprint density at radius 2 is 1.96 bits per heavy atom. The Labute approximate surface area is 168 Å². The third kappa shape index (κ3) is 4.48. The van der Waals surface area contributed by atoms with Crippen molar-refractivity contribution in [2.45, 2.75) is 32.7 Å². The minimum atomic E-state index is -0.0919. The first-order chi connectivity index (χ1) is 12.7. The van der Waals surface area contributed by atoms with Crippen LogP contribution in [0.15, 0.2) is 40.5 Å². The quantitative estimate of drug-likeness (QED) is 0.708. The van der Waals surface area contributed by atoms with Gasteiger partial charge in [-0.1, -0.05) is 18.2 Å². The van der Waals surface area contributed by atoms with Crippen molar-refractivity contribution in [3.63, 3.8) is 0 Å². The predicted octanol–water partition coefficient (Wildman–Crippen LogP) is 2.81. The molecular weight excluding hydrogens is 382 g/mol. The van der Waals surface area contributed by atoms with E-state index in [0.29, 0.717) is 12.5 Å². The minimum Gasteiger partial charge on any atom is -0.317 e. The molecule has 1 aliphatic heterocycles. The Morgan fingerprint density at radius 3 is 2.63 bits per heavy atom. The van der Waals surface area contributed by atoms with Gasteiger partial charge in [-0.05, 0) is 50.9 Å². The van der Waals surface area contributed by atoms with Crippen LogP contribution in [0.25, 0.3) is 5.69 Å². The zero-order valence-corrected chi connectivity index (χ0v) is 16.9. The van der Waals surface area contributed by atoms with Crippen LogP contribution >= 0.6 is 23.7 Å². The van der Waals surface area contributed by atoms with Gasteiger partial charge < -0.3 is 5.32 Å². The third-order valence-electron chi connectivity index (χ3n) is 4.83. The molecule has 0 radical (unpaired) electrons. The van der Waals surface area contributed by atoms with Crippen LogP contribution in [0.3, 0.4) is 0 Å². The molecule has 0 amide bonds. The van der Waals surface area contributed by atoms with E-state index in [-0.39, 0.29) is 18.1 Å². The molecule has 1 saturated heterocycles. The van der Waals surface area contributed by atoms with Crippen LogP contribution in [0.1, 0.15) is 29.4 Å². The van der Waals surface area contributed by atoms with E-state index in [1.165, 1.54) is 0 Å². The summed E-state index contributed by atoms with van der Waals surface area (Å²) < 4.78 is 3.32. The molecule has 0 unspecified atom stereocenters. The Kier molecular flexibility index (Phi) is 6.46. The number of halogens is 1. The minimum absolute atomic E-state index is 0. The van der Waals surface area contributed by atoms with Crippen molar-refractivity contribution >= 4 is 23.7 Å². The molecule has 0 saturated carbocycles. The van der Waals surface area contributed by atoms with Crippen LogP contribution < -0.4 is 11.0 Å². The lowest BCUT2D eigenvalue weighted by Crippen LogP contribution is -2.29. The van der Waals surface area contributed by atoms with Gasteiger partial charge in [0.1, 0.15) is 5.82 Å². The zero-order valence-electron chi connectivity index (χ0n) is 15.3. The van der Waals surface area contributed by atoms with Gasteiger partial charge in [0.2, 0.25) is 0 Å². The number of para-hydroxylation sites is 1. The summed E-state index contributed by atoms with van der Waals surface area (Å²) in [6.07, 6.45) is 3.08. The van der Waals surface area contributed by atoms with Crippen molar-refractivity contribution in [1.29, 1.82) is 0 Å². The van der Waals surface area contributed by atoms with Crippen LogP contribution in [-0.2, 0) is 13.0 Å². The molecule has 0 aliphatic carbocycles. The van der Waals surface area contributed by atoms with E-state index in [9.17, 15) is 4.79 Å². The number of aryl methyl sites for hydroxylation is 1. The van der Waals surface area contributed by atoms with Gasteiger partial charge in [-0.15, -0.1) is 23.7 Å². The van der Waals surface area contributed by atoms with Gasteiger partial charge in [0, 0.05) is 11.8 Å². The average Bonchev–Trinajstić information content (AvgIpc) is 3.20. The first-order valence-electron chi connectivity index (χ1n) is 9.06. The Balaban J connectivity index is 0.00000210. The molecule has 1 aliphatic rings. The second-order valence-electron chi connectivity index (χ2n) is 6.78. The van der Waals surface area contributed by atoms with Crippen LogP contribution in [0.4, 0.5) is 0 Å². The number of benzene rings is 1. The van der Waals surface area contributed by atoms with Crippen molar-refractivity contribution in [3.8, 4) is 5.69 Å². The summed E-state index contributed by atoms with van der Waals surface area (Å²) in [4.78, 5) is 17.5. The maximum Gasteiger partial charge on any atom is 0.350 e. The van der Waals surface area contributed by atoms with Crippen molar-refractivity contribution in [2.24, 2.45) is 5.92 Å². The van der Waals surface area contributed by atoms with Crippen LogP contribution in [0, 0.1) is 12.8 Å². The lowest BCUT2D eigenvalue weighted by Gasteiger charge is -2.22. The maximum absolute atomic E-state index is 13.1. The summed E-state index contributed by atoms with van der Waals surface area (Å²) in [7, 11) is 0. The summed E-state index contributed by atoms with van der Waals surface area (Å²) in [6, 6.07) is 9.80. The van der Waals surface area contributed by atoms with E-state index >= 15 is 0 Å². The number of aromatic nitrogens is 4. The van der Waals surface area contributed by atoms with Gasteiger partial charge in [-0.25, -0.2) is 19.0 Å². The van der Waals surface area contributed by atoms with Crippen LogP contribution in [0.5, 0.6) is 0 Å². The summed E-state index contributed by atoms with van der Waals surface area (Å²) in [5.41, 5.74) is 1.67. The van der Waals surface area contributed by atoms with E-state index in [1.807, 2.05) is 42.6 Å². The Bertz CT molecular complexity index is 927. The number of piperidine rings is 1. The largest absolute Gasteiger partial charge is 0.350 e. The molecule has 0 atom stereocenters. The zero-order chi connectivity index (χ0) is 17.9. The Hall–Kier alpha value is -1.96. The summed E-state index contributed by atoms with van der Waals surface area (Å²) in [6.45, 7) is 4.47. The standard InChI is InChI=1S/C19H23N5OS.ClH/c1-14-21-16(13-26-14)12-23-19(25)24(17-5-3-2-4-6-17)18(22-23)11-15-7-9-20-10-8-15;/h2-6,13,15,20H,7-12H2,1H3;1H. The molecule has 8 heteroatoms. The molecule has 3 heterocycles. The number of thiazole rings is 1. The maximum atomic E-state index is 13.1. The number of rotatable bonds is 5. The molecule has 0 bridgehead atoms. The van der Waals surface area contributed by atoms with E-state index < -0.39 is 0 Å². The van der Waals surface area contributed by atoms with Gasteiger partial charge in [0.15, 0.2) is 0 Å². The lowest BCUT2D eigenvalue weighted by molar-refractivity contribution is 0.365. The summed E-state index contributed by atoms with van der Waals surface area (Å²) in [5, 5.41) is 11.1. The molecule has 0 spiro atoms. The van der Waals surface area contributed by atoms with E-state index in [4.69, 9.17) is 5.10 Å². The van der Waals surface area contributed by atoms with E-state index in [0.717, 1.165) is 54.6 Å². The van der Waals surface area contributed by atoms with Gasteiger partial charge in [-0.3, -0.25) is 0 Å². The molecule has 4 rings (SSSR count). The Morgan fingerprint density at radius 1 is 1.22 bits per heavy atom. The van der Waals surface area contributed by atoms with Gasteiger partial charge in [0.25, 0.3) is 0 Å². The number of hydrogen-bond donors (Lipinski definition) is 1. The summed E-state index contributed by atoms with van der Waals surface area (Å²) in [5.74, 6) is 1.41. The SMILES string of the molecule is Cc1nc(Cn2nc(CC3CCNCC3)n(-c3ccccc3)c2=O)cs1.Cl. The molecule has 1 fully saturated rings. The highest BCUT2D eigenvalue weighted by molar-refractivity contribution is 7.09. The highest BCUT2D eigenvalue weighted by Crippen LogP contribution is 2.18. The molecule has 2 aromatic heterocycles. The molecule has 27 heavy (non-hydrogen) atoms. The van der Waals surface area contributed by atoms with Crippen molar-refractivity contribution < 1.29 is 0 Å². The van der Waals surface area contributed by atoms with Crippen LogP contribution in [0.2, 0.25) is 0 Å². The molecular formula is C19H24ClN5OS. The fourth-order valence-electron chi connectivity index (χ4n) is 3.50. The van der Waals surface area contributed by atoms with E-state index in [1.54, 1.807) is 20.6 Å². The second kappa shape index (κ2) is 8.82. The van der Waals surface area contributed by atoms with Crippen molar-refractivity contribution in [3.05, 3.63) is 62.7 Å². The predicted molar refractivity (Wildman–Crippen MR) is 110 cm³/mol. The van der Waals surface area contributed by atoms with Crippen LogP contribution in [-0.4, -0.2) is 32.4 Å². The monoisotopic (exact) mass is 405 g/mol. The average molecular weight is 406 g/mol. The number of nitrogens with one attached hydrogen (secondary N) is 1. The van der Waals surface area contributed by atoms with Crippen molar-refractivity contribution in [1.82, 2.24) is 24.6 Å². The highest BCUT2D eigenvalue weighted by Gasteiger charge is 2.21. The van der Waals surface area contributed by atoms with E-state index in [2.05, 4.69) is 10.3 Å². The normalized spacial score (nSPS) is 14.9. The molecule has 144 valence electrons. The topological polar surface area (TPSA) is 64.7 Å². The lowest BCUT2D eigenvalue weighted by atomic mass is 9.94. The fraction of sp³-hybridized carbons (Fsp3) is 0.421. The first kappa shape index (κ1) is 19.8. The van der Waals surface area contributed by atoms with Gasteiger partial charge >= 0.3 is 5.69 Å². The second-order valence-corrected chi connectivity index (χ2v) is 7.84. The molecule has 3 aromatic rings. The highest BCUT2D eigenvalue weighted by atomic mass is 35.5. The first-order valence-corrected chi connectivity index (χ1v) is 9.94. The van der Waals surface area contributed by atoms with Gasteiger partial charge in [0.05, 0.1) is 22.9 Å². The molecule has 1 N–H and O–H groups in total. The third-order valence-corrected chi connectivity index (χ3v) is 5.65. The smallest absolute Gasteiger partial charge is 0.317 e. The number of nitrogens with zero attached hydrogens (tertiary/aromatic N) is 4. The summed E-state index contributed by atoms with van der Waals surface area (Å²) >= 11 is 1.60. The molecule has 6 nitrogen and oxygen atoms in total. The van der Waals surface area contributed by atoms with Crippen molar-refractivity contribution in [2.75, 3.05) is 13.1 Å². The van der Waals surface area contributed by atoms with Gasteiger partial charge in [-0.2, -0.15) is 5.10 Å². The molecule has 1 aromatic carbocycles. The number of hydrogen-bond acceptors (Lipinski definition) is 5.